The van der Waals surface area contributed by atoms with Gasteiger partial charge in [-0.25, -0.2) is 9.18 Å². The quantitative estimate of drug-likeness (QED) is 0.482. The molecular formula is C22H26ClFN4O3S2. The van der Waals surface area contributed by atoms with E-state index in [4.69, 9.17) is 28.6 Å². The van der Waals surface area contributed by atoms with Crippen LogP contribution in [-0.4, -0.2) is 79.1 Å². The van der Waals surface area contributed by atoms with Gasteiger partial charge in [0, 0.05) is 46.8 Å². The minimum absolute atomic E-state index is 0.122. The zero-order valence-corrected chi connectivity index (χ0v) is 21.3. The number of nitrogens with one attached hydrogen (secondary N) is 1. The summed E-state index contributed by atoms with van der Waals surface area (Å²) >= 11 is 12.7. The molecule has 0 spiro atoms. The highest BCUT2D eigenvalue weighted by Crippen LogP contribution is 2.34. The molecular weight excluding hydrogens is 487 g/mol. The van der Waals surface area contributed by atoms with E-state index in [0.717, 1.165) is 18.7 Å². The van der Waals surface area contributed by atoms with Crippen LogP contribution < -0.4 is 5.32 Å². The molecule has 1 aliphatic rings. The van der Waals surface area contributed by atoms with Crippen molar-refractivity contribution in [1.29, 1.82) is 0 Å². The Morgan fingerprint density at radius 3 is 2.52 bits per heavy atom. The van der Waals surface area contributed by atoms with Crippen LogP contribution in [0.4, 0.5) is 9.39 Å². The number of thiocarbonyl (C=S) groups is 1. The Hall–Kier alpha value is -2.27. The summed E-state index contributed by atoms with van der Waals surface area (Å²) in [4.78, 5) is 31.1. The van der Waals surface area contributed by atoms with E-state index in [1.165, 1.54) is 29.4 Å². The Balaban J connectivity index is 1.67. The van der Waals surface area contributed by atoms with Gasteiger partial charge in [0.2, 0.25) is 0 Å². The van der Waals surface area contributed by atoms with Crippen molar-refractivity contribution in [3.05, 3.63) is 50.6 Å². The van der Waals surface area contributed by atoms with E-state index < -0.39 is 11.8 Å². The standard InChI is InChI=1S/C22H26ClFN4O3S2/c1-13-17(21(30)31-4)19(33-18(13)20(29)26(2)3)25-22(32)28-9-7-27(8-10-28)12-14-5-6-16(24)15(23)11-14/h5-6,11H,7-10,12H2,1-4H3,(H,25,32). The summed E-state index contributed by atoms with van der Waals surface area (Å²) < 4.78 is 18.3. The van der Waals surface area contributed by atoms with Crippen LogP contribution in [0.25, 0.3) is 0 Å². The summed E-state index contributed by atoms with van der Waals surface area (Å²) in [6.07, 6.45) is 0. The fourth-order valence-electron chi connectivity index (χ4n) is 3.54. The van der Waals surface area contributed by atoms with Crippen molar-refractivity contribution in [2.75, 3.05) is 52.7 Å². The molecule has 1 N–H and O–H groups in total. The number of carbonyl (C=O) groups is 2. The molecule has 33 heavy (non-hydrogen) atoms. The number of esters is 1. The topological polar surface area (TPSA) is 65.1 Å². The minimum Gasteiger partial charge on any atom is -0.465 e. The number of hydrogen-bond acceptors (Lipinski definition) is 6. The molecule has 2 heterocycles. The molecule has 0 bridgehead atoms. The normalized spacial score (nSPS) is 14.2. The first-order valence-corrected chi connectivity index (χ1v) is 11.9. The van der Waals surface area contributed by atoms with Gasteiger partial charge in [0.05, 0.1) is 22.6 Å². The van der Waals surface area contributed by atoms with Crippen LogP contribution in [-0.2, 0) is 11.3 Å². The number of nitrogens with zero attached hydrogens (tertiary/aromatic N) is 3. The van der Waals surface area contributed by atoms with Gasteiger partial charge in [0.1, 0.15) is 10.8 Å². The van der Waals surface area contributed by atoms with Crippen LogP contribution >= 0.6 is 35.2 Å². The van der Waals surface area contributed by atoms with Crippen molar-refractivity contribution in [1.82, 2.24) is 14.7 Å². The van der Waals surface area contributed by atoms with E-state index in [1.54, 1.807) is 33.2 Å². The molecule has 178 valence electrons. The zero-order valence-electron chi connectivity index (χ0n) is 18.9. The zero-order chi connectivity index (χ0) is 24.3. The third kappa shape index (κ3) is 5.81. The number of hydrogen-bond donors (Lipinski definition) is 1. The fraction of sp³-hybridized carbons (Fsp3) is 0.409. The van der Waals surface area contributed by atoms with Crippen molar-refractivity contribution in [3.8, 4) is 0 Å². The molecule has 0 radical (unpaired) electrons. The SMILES string of the molecule is COC(=O)c1c(NC(=S)N2CCN(Cc3ccc(F)c(Cl)c3)CC2)sc(C(=O)N(C)C)c1C. The molecule has 1 fully saturated rings. The first-order chi connectivity index (χ1) is 15.6. The lowest BCUT2D eigenvalue weighted by Gasteiger charge is -2.36. The monoisotopic (exact) mass is 512 g/mol. The van der Waals surface area contributed by atoms with Gasteiger partial charge in [-0.1, -0.05) is 17.7 Å². The first kappa shape index (κ1) is 25.4. The molecule has 2 aromatic rings. The van der Waals surface area contributed by atoms with Crippen LogP contribution in [0, 0.1) is 12.7 Å². The fourth-order valence-corrected chi connectivity index (χ4v) is 5.31. The third-order valence-electron chi connectivity index (χ3n) is 5.41. The summed E-state index contributed by atoms with van der Waals surface area (Å²) in [7, 11) is 4.63. The molecule has 1 aromatic heterocycles. The van der Waals surface area contributed by atoms with E-state index in [1.807, 2.05) is 4.90 Å². The Morgan fingerprint density at radius 1 is 1.27 bits per heavy atom. The van der Waals surface area contributed by atoms with Crippen molar-refractivity contribution < 1.29 is 18.7 Å². The second kappa shape index (κ2) is 10.8. The van der Waals surface area contributed by atoms with Crippen LogP contribution in [0.5, 0.6) is 0 Å². The Bertz CT molecular complexity index is 1070. The number of anilines is 1. The van der Waals surface area contributed by atoms with Gasteiger partial charge in [-0.3, -0.25) is 9.69 Å². The maximum atomic E-state index is 13.4. The smallest absolute Gasteiger partial charge is 0.341 e. The number of benzene rings is 1. The predicted octanol–water partition coefficient (Wildman–Crippen LogP) is 3.85. The Labute approximate surface area is 207 Å². The van der Waals surface area contributed by atoms with Crippen LogP contribution in [0.15, 0.2) is 18.2 Å². The number of carbonyl (C=O) groups excluding carboxylic acids is 2. The first-order valence-electron chi connectivity index (χ1n) is 10.3. The summed E-state index contributed by atoms with van der Waals surface area (Å²) in [5, 5.41) is 4.26. The van der Waals surface area contributed by atoms with Crippen molar-refractivity contribution in [3.63, 3.8) is 0 Å². The van der Waals surface area contributed by atoms with Gasteiger partial charge < -0.3 is 19.9 Å². The van der Waals surface area contributed by atoms with E-state index >= 15 is 0 Å². The second-order valence-corrected chi connectivity index (χ2v) is 9.71. The number of rotatable bonds is 5. The van der Waals surface area contributed by atoms with Crippen LogP contribution in [0.3, 0.4) is 0 Å². The Morgan fingerprint density at radius 2 is 1.94 bits per heavy atom. The van der Waals surface area contributed by atoms with Gasteiger partial charge >= 0.3 is 5.97 Å². The van der Waals surface area contributed by atoms with Gasteiger partial charge in [-0.05, 0) is 42.4 Å². The predicted molar refractivity (Wildman–Crippen MR) is 133 cm³/mol. The summed E-state index contributed by atoms with van der Waals surface area (Å²) in [6, 6.07) is 4.76. The van der Waals surface area contributed by atoms with E-state index in [2.05, 4.69) is 10.2 Å². The summed E-state index contributed by atoms with van der Waals surface area (Å²) in [5.41, 5.74) is 1.84. The molecule has 1 amide bonds. The molecule has 1 aromatic carbocycles. The lowest BCUT2D eigenvalue weighted by Crippen LogP contribution is -2.49. The molecule has 0 aliphatic carbocycles. The van der Waals surface area contributed by atoms with E-state index in [9.17, 15) is 14.0 Å². The number of amides is 1. The number of methoxy groups -OCH3 is 1. The average Bonchev–Trinajstić information content (AvgIpc) is 3.11. The van der Waals surface area contributed by atoms with Crippen LogP contribution in [0.2, 0.25) is 5.02 Å². The molecule has 0 unspecified atom stereocenters. The maximum Gasteiger partial charge on any atom is 0.341 e. The molecule has 3 rings (SSSR count). The molecule has 0 saturated carbocycles. The largest absolute Gasteiger partial charge is 0.465 e. The van der Waals surface area contributed by atoms with Crippen molar-refractivity contribution in [2.24, 2.45) is 0 Å². The van der Waals surface area contributed by atoms with Gasteiger partial charge in [0.15, 0.2) is 5.11 Å². The number of thiophene rings is 1. The van der Waals surface area contributed by atoms with Gasteiger partial charge in [-0.2, -0.15) is 0 Å². The lowest BCUT2D eigenvalue weighted by molar-refractivity contribution is 0.0601. The third-order valence-corrected chi connectivity index (χ3v) is 7.25. The number of halogens is 2. The van der Waals surface area contributed by atoms with Crippen molar-refractivity contribution in [2.45, 2.75) is 13.5 Å². The van der Waals surface area contributed by atoms with E-state index in [0.29, 0.717) is 45.8 Å². The molecule has 1 saturated heterocycles. The number of piperazine rings is 1. The summed E-state index contributed by atoms with van der Waals surface area (Å²) in [5.74, 6) is -1.13. The highest BCUT2D eigenvalue weighted by molar-refractivity contribution is 7.80. The molecule has 11 heteroatoms. The van der Waals surface area contributed by atoms with Crippen molar-refractivity contribution >= 4 is 57.1 Å². The highest BCUT2D eigenvalue weighted by Gasteiger charge is 2.28. The van der Waals surface area contributed by atoms with Gasteiger partial charge in [-0.15, -0.1) is 11.3 Å². The Kier molecular flexibility index (Phi) is 8.28. The highest BCUT2D eigenvalue weighted by atomic mass is 35.5. The lowest BCUT2D eigenvalue weighted by atomic mass is 10.1. The van der Waals surface area contributed by atoms with Gasteiger partial charge in [0.25, 0.3) is 5.91 Å². The van der Waals surface area contributed by atoms with Crippen LogP contribution in [0.1, 0.15) is 31.2 Å². The van der Waals surface area contributed by atoms with E-state index in [-0.39, 0.29) is 10.9 Å². The second-order valence-electron chi connectivity index (χ2n) is 7.89. The minimum atomic E-state index is -0.519. The average molecular weight is 513 g/mol. The summed E-state index contributed by atoms with van der Waals surface area (Å²) in [6.45, 7) is 5.28. The molecule has 7 nitrogen and oxygen atoms in total. The molecule has 0 atom stereocenters. The maximum absolute atomic E-state index is 13.4. The number of ether oxygens (including phenoxy) is 1. The molecule has 1 aliphatic heterocycles.